The van der Waals surface area contributed by atoms with Crippen molar-refractivity contribution in [2.24, 2.45) is 11.8 Å². The van der Waals surface area contributed by atoms with Crippen LogP contribution in [-0.2, 0) is 20.7 Å². The summed E-state index contributed by atoms with van der Waals surface area (Å²) in [6.45, 7) is 5.53. The molecule has 0 N–H and O–H groups in total. The molecule has 1 aromatic rings. The van der Waals surface area contributed by atoms with Crippen molar-refractivity contribution in [2.45, 2.75) is 51.6 Å². The van der Waals surface area contributed by atoms with E-state index in [2.05, 4.69) is 10.1 Å². The molecule has 0 aromatic carbocycles. The first kappa shape index (κ1) is 18.4. The van der Waals surface area contributed by atoms with Gasteiger partial charge in [0.1, 0.15) is 6.42 Å². The summed E-state index contributed by atoms with van der Waals surface area (Å²) < 4.78 is 11.0. The van der Waals surface area contributed by atoms with Crippen molar-refractivity contribution in [3.63, 3.8) is 0 Å². The molecule has 8 heteroatoms. The second-order valence-corrected chi connectivity index (χ2v) is 7.98. The van der Waals surface area contributed by atoms with Crippen LogP contribution in [0.1, 0.15) is 43.8 Å². The highest BCUT2D eigenvalue weighted by Crippen LogP contribution is 2.36. The van der Waals surface area contributed by atoms with Crippen molar-refractivity contribution in [3.8, 4) is 0 Å². The number of nitrogens with zero attached hydrogens (tertiary/aromatic N) is 4. The lowest BCUT2D eigenvalue weighted by atomic mass is 9.83. The van der Waals surface area contributed by atoms with Gasteiger partial charge in [-0.1, -0.05) is 5.16 Å². The quantitative estimate of drug-likeness (QED) is 0.784. The van der Waals surface area contributed by atoms with Crippen molar-refractivity contribution in [1.82, 2.24) is 19.9 Å². The van der Waals surface area contributed by atoms with E-state index in [0.717, 1.165) is 32.4 Å². The molecule has 148 valence electrons. The normalized spacial score (nSPS) is 28.3. The smallest absolute Gasteiger partial charge is 0.236 e. The maximum Gasteiger partial charge on any atom is 0.236 e. The summed E-state index contributed by atoms with van der Waals surface area (Å²) in [5.74, 6) is 1.84. The minimum absolute atomic E-state index is 0.000249. The third-order valence-electron chi connectivity index (χ3n) is 6.10. The Balaban J connectivity index is 1.29. The van der Waals surface area contributed by atoms with Crippen LogP contribution in [-0.4, -0.2) is 70.6 Å². The van der Waals surface area contributed by atoms with Gasteiger partial charge in [-0.2, -0.15) is 4.98 Å². The maximum atomic E-state index is 12.6. The molecule has 3 saturated heterocycles. The van der Waals surface area contributed by atoms with Gasteiger partial charge in [0.2, 0.25) is 17.7 Å². The first-order chi connectivity index (χ1) is 13.1. The predicted molar refractivity (Wildman–Crippen MR) is 95.7 cm³/mol. The largest absolute Gasteiger partial charge is 0.377 e. The van der Waals surface area contributed by atoms with Crippen molar-refractivity contribution < 1.29 is 18.8 Å². The lowest BCUT2D eigenvalue weighted by Gasteiger charge is -2.36. The van der Waals surface area contributed by atoms with Gasteiger partial charge in [0.15, 0.2) is 5.82 Å². The van der Waals surface area contributed by atoms with Crippen molar-refractivity contribution in [1.29, 1.82) is 0 Å². The summed E-state index contributed by atoms with van der Waals surface area (Å²) in [5, 5.41) is 3.73. The Morgan fingerprint density at radius 1 is 1.11 bits per heavy atom. The highest BCUT2D eigenvalue weighted by molar-refractivity contribution is 5.78. The Bertz CT molecular complexity index is 685. The first-order valence-electron chi connectivity index (χ1n) is 10.1. The number of hydrogen-bond donors (Lipinski definition) is 0. The molecule has 3 aliphatic heterocycles. The molecule has 4 rings (SSSR count). The summed E-state index contributed by atoms with van der Waals surface area (Å²) in [6.07, 6.45) is 4.96. The van der Waals surface area contributed by atoms with Crippen LogP contribution in [0.25, 0.3) is 0 Å². The minimum atomic E-state index is 0.000249. The van der Waals surface area contributed by atoms with Gasteiger partial charge < -0.3 is 19.1 Å². The Kier molecular flexibility index (Phi) is 5.43. The van der Waals surface area contributed by atoms with Crippen LogP contribution < -0.4 is 0 Å². The molecule has 3 aliphatic rings. The van der Waals surface area contributed by atoms with Gasteiger partial charge in [-0.25, -0.2) is 0 Å². The molecule has 0 radical (unpaired) electrons. The van der Waals surface area contributed by atoms with Crippen molar-refractivity contribution >= 4 is 11.8 Å². The zero-order valence-electron chi connectivity index (χ0n) is 15.9. The lowest BCUT2D eigenvalue weighted by Crippen LogP contribution is -2.46. The fraction of sp³-hybridized carbons (Fsp3) is 0.789. The maximum absolute atomic E-state index is 12.6. The molecule has 3 atom stereocenters. The standard InChI is InChI=1S/C19H28N4O4/c1-13-20-17(27-21-13)10-19(25)23-8-5-15-14(11-23)12-26-16(15)9-18(24)22-6-3-2-4-7-22/h14-16H,2-12H2,1H3/t14-,15-,16+/m1/s1. The number of ether oxygens (including phenoxy) is 1. The molecule has 0 saturated carbocycles. The van der Waals surface area contributed by atoms with Crippen LogP contribution in [0.15, 0.2) is 4.52 Å². The number of likely N-dealkylation sites (tertiary alicyclic amines) is 2. The number of carbonyl (C=O) groups is 2. The molecule has 0 bridgehead atoms. The monoisotopic (exact) mass is 376 g/mol. The predicted octanol–water partition coefficient (Wildman–Crippen LogP) is 1.19. The number of hydrogen-bond acceptors (Lipinski definition) is 6. The van der Waals surface area contributed by atoms with Crippen LogP contribution >= 0.6 is 0 Å². The molecule has 8 nitrogen and oxygen atoms in total. The Hall–Kier alpha value is -1.96. The summed E-state index contributed by atoms with van der Waals surface area (Å²) in [6, 6.07) is 0. The number of aromatic nitrogens is 2. The fourth-order valence-corrected chi connectivity index (χ4v) is 4.62. The van der Waals surface area contributed by atoms with Crippen molar-refractivity contribution in [3.05, 3.63) is 11.7 Å². The summed E-state index contributed by atoms with van der Waals surface area (Å²) in [7, 11) is 0. The molecule has 27 heavy (non-hydrogen) atoms. The summed E-state index contributed by atoms with van der Waals surface area (Å²) in [5.41, 5.74) is 0. The van der Waals surface area contributed by atoms with E-state index < -0.39 is 0 Å². The average Bonchev–Trinajstić information content (AvgIpc) is 3.28. The molecule has 4 heterocycles. The average molecular weight is 376 g/mol. The van der Waals surface area contributed by atoms with E-state index in [1.807, 2.05) is 9.80 Å². The number of rotatable bonds is 4. The van der Waals surface area contributed by atoms with Crippen LogP contribution in [0.2, 0.25) is 0 Å². The highest BCUT2D eigenvalue weighted by Gasteiger charge is 2.43. The number of aryl methyl sites for hydroxylation is 1. The molecular formula is C19H28N4O4. The van der Waals surface area contributed by atoms with E-state index in [0.29, 0.717) is 49.7 Å². The number of carbonyl (C=O) groups excluding carboxylic acids is 2. The van der Waals surface area contributed by atoms with Crippen LogP contribution in [0.4, 0.5) is 0 Å². The van der Waals surface area contributed by atoms with E-state index >= 15 is 0 Å². The molecule has 3 fully saturated rings. The van der Waals surface area contributed by atoms with E-state index in [9.17, 15) is 9.59 Å². The van der Waals surface area contributed by atoms with Gasteiger partial charge in [0, 0.05) is 32.1 Å². The van der Waals surface area contributed by atoms with Crippen LogP contribution in [0.5, 0.6) is 0 Å². The number of amides is 2. The zero-order chi connectivity index (χ0) is 18.8. The van der Waals surface area contributed by atoms with Crippen LogP contribution in [0.3, 0.4) is 0 Å². The van der Waals surface area contributed by atoms with Crippen molar-refractivity contribution in [2.75, 3.05) is 32.8 Å². The van der Waals surface area contributed by atoms with E-state index in [1.54, 1.807) is 6.92 Å². The van der Waals surface area contributed by atoms with E-state index in [-0.39, 0.29) is 24.3 Å². The molecular weight excluding hydrogens is 348 g/mol. The first-order valence-corrected chi connectivity index (χ1v) is 10.1. The third-order valence-corrected chi connectivity index (χ3v) is 6.10. The van der Waals surface area contributed by atoms with E-state index in [4.69, 9.17) is 9.26 Å². The lowest BCUT2D eigenvalue weighted by molar-refractivity contribution is -0.136. The van der Waals surface area contributed by atoms with E-state index in [1.165, 1.54) is 6.42 Å². The van der Waals surface area contributed by atoms with Gasteiger partial charge in [-0.15, -0.1) is 0 Å². The second kappa shape index (κ2) is 7.96. The second-order valence-electron chi connectivity index (χ2n) is 7.98. The molecule has 0 aliphatic carbocycles. The van der Waals surface area contributed by atoms with Gasteiger partial charge in [-0.3, -0.25) is 9.59 Å². The Morgan fingerprint density at radius 2 is 1.93 bits per heavy atom. The number of piperidine rings is 2. The third kappa shape index (κ3) is 4.15. The Morgan fingerprint density at radius 3 is 2.67 bits per heavy atom. The highest BCUT2D eigenvalue weighted by atomic mass is 16.5. The molecule has 0 unspecified atom stereocenters. The van der Waals surface area contributed by atoms with Crippen LogP contribution in [0, 0.1) is 18.8 Å². The van der Waals surface area contributed by atoms with Gasteiger partial charge >= 0.3 is 0 Å². The molecule has 2 amide bonds. The number of fused-ring (bicyclic) bond motifs is 1. The summed E-state index contributed by atoms with van der Waals surface area (Å²) in [4.78, 5) is 33.1. The SMILES string of the molecule is Cc1noc(CC(=O)N2CC[C@@H]3[C@@H](CO[C@H]3CC(=O)N3CCCCC3)C2)n1. The van der Waals surface area contributed by atoms with Gasteiger partial charge in [0.05, 0.1) is 19.1 Å². The Labute approximate surface area is 159 Å². The minimum Gasteiger partial charge on any atom is -0.377 e. The topological polar surface area (TPSA) is 88.8 Å². The van der Waals surface area contributed by atoms with Gasteiger partial charge in [0.25, 0.3) is 0 Å². The fourth-order valence-electron chi connectivity index (χ4n) is 4.62. The van der Waals surface area contributed by atoms with Gasteiger partial charge in [-0.05, 0) is 38.5 Å². The molecule has 0 spiro atoms. The molecule has 1 aromatic heterocycles. The summed E-state index contributed by atoms with van der Waals surface area (Å²) >= 11 is 0. The zero-order valence-corrected chi connectivity index (χ0v) is 15.9.